The summed E-state index contributed by atoms with van der Waals surface area (Å²) >= 11 is 0. The smallest absolute Gasteiger partial charge is 0.231 e. The highest BCUT2D eigenvalue weighted by molar-refractivity contribution is 5.46. The summed E-state index contributed by atoms with van der Waals surface area (Å²) in [5.74, 6) is 0.857. The van der Waals surface area contributed by atoms with E-state index in [9.17, 15) is 19.0 Å². The first-order chi connectivity index (χ1) is 19.0. The molecule has 0 aliphatic carbocycles. The monoisotopic (exact) mass is 564 g/mol. The van der Waals surface area contributed by atoms with Gasteiger partial charge in [-0.2, -0.15) is 0 Å². The number of hydrogen-bond donors (Lipinski definition) is 2. The second kappa shape index (κ2) is 11.3. The Morgan fingerprint density at radius 2 is 1.07 bits per heavy atom. The van der Waals surface area contributed by atoms with Gasteiger partial charge < -0.3 is 38.6 Å². The van der Waals surface area contributed by atoms with E-state index >= 15 is 0 Å². The lowest BCUT2D eigenvalue weighted by Crippen LogP contribution is -2.24. The molecule has 0 aromatic heterocycles. The van der Waals surface area contributed by atoms with Gasteiger partial charge in [0.2, 0.25) is 25.1 Å². The van der Waals surface area contributed by atoms with Crippen molar-refractivity contribution in [1.82, 2.24) is 0 Å². The molecule has 2 unspecified atom stereocenters. The van der Waals surface area contributed by atoms with Crippen molar-refractivity contribution in [2.75, 3.05) is 26.8 Å². The third-order valence-electron chi connectivity index (χ3n) is 7.83. The Labute approximate surface area is 233 Å². The normalized spacial score (nSPS) is 27.0. The molecule has 2 saturated heterocycles. The number of benzene rings is 2. The fraction of sp³-hybridized carbons (Fsp3) is 0.600. The molecule has 4 atom stereocenters. The summed E-state index contributed by atoms with van der Waals surface area (Å²) in [6.45, 7) is 8.14. The van der Waals surface area contributed by atoms with Crippen molar-refractivity contribution in [3.63, 3.8) is 0 Å². The van der Waals surface area contributed by atoms with Crippen LogP contribution >= 0.6 is 0 Å². The highest BCUT2D eigenvalue weighted by atomic mass is 19.1. The summed E-state index contributed by atoms with van der Waals surface area (Å²) in [6, 6.07) is 6.58. The summed E-state index contributed by atoms with van der Waals surface area (Å²) in [4.78, 5) is 0. The van der Waals surface area contributed by atoms with Gasteiger partial charge in [0.25, 0.3) is 0 Å². The van der Waals surface area contributed by atoms with E-state index in [1.54, 1.807) is 0 Å². The molecule has 2 fully saturated rings. The first-order valence-electron chi connectivity index (χ1n) is 13.7. The van der Waals surface area contributed by atoms with E-state index in [0.29, 0.717) is 24.3 Å². The van der Waals surface area contributed by atoms with Crippen LogP contribution in [0.4, 0.5) is 8.78 Å². The SMILES string of the molecule is CC1(C)CC(Cc2cc(F)c3c(c2)OCO3)[C@@H](CO)O1.CC1(C)CC(Cc2cc(F)c3c(c2)OCO3)[C@H](CO)O1. The maximum absolute atomic E-state index is 13.9. The summed E-state index contributed by atoms with van der Waals surface area (Å²) in [5.41, 5.74) is 1.20. The molecular formula is C30H38F2O8. The van der Waals surface area contributed by atoms with Crippen LogP contribution in [0.1, 0.15) is 51.7 Å². The minimum absolute atomic E-state index is 0.0128. The largest absolute Gasteiger partial charge is 0.453 e. The molecule has 2 aromatic carbocycles. The molecule has 0 bridgehead atoms. The van der Waals surface area contributed by atoms with Crippen molar-refractivity contribution >= 4 is 0 Å². The Morgan fingerprint density at radius 1 is 0.675 bits per heavy atom. The predicted octanol–water partition coefficient (Wildman–Crippen LogP) is 4.55. The Morgan fingerprint density at radius 3 is 1.45 bits per heavy atom. The average Bonchev–Trinajstić information content (AvgIpc) is 3.65. The van der Waals surface area contributed by atoms with Crippen LogP contribution in [-0.2, 0) is 22.3 Å². The summed E-state index contributed by atoms with van der Waals surface area (Å²) in [7, 11) is 0. The van der Waals surface area contributed by atoms with Crippen LogP contribution in [0.5, 0.6) is 23.0 Å². The standard InChI is InChI=1S/2C15H19FO4/c2*1-15(2)6-10(13(7-17)20-15)3-9-4-11(16)14-12(5-9)18-8-19-14/h2*4-5,10,13,17H,3,6-8H2,1-2H3/t2*10?,13-/m10/s1. The second-order valence-corrected chi connectivity index (χ2v) is 12.2. The lowest BCUT2D eigenvalue weighted by molar-refractivity contribution is -0.0441. The second-order valence-electron chi connectivity index (χ2n) is 12.2. The van der Waals surface area contributed by atoms with E-state index in [0.717, 1.165) is 24.0 Å². The van der Waals surface area contributed by atoms with Gasteiger partial charge in [0, 0.05) is 0 Å². The van der Waals surface area contributed by atoms with Gasteiger partial charge in [-0.05, 0) is 101 Å². The van der Waals surface area contributed by atoms with Gasteiger partial charge in [0.15, 0.2) is 23.1 Å². The van der Waals surface area contributed by atoms with E-state index in [4.69, 9.17) is 28.4 Å². The zero-order chi connectivity index (χ0) is 28.7. The number of hydrogen-bond acceptors (Lipinski definition) is 8. The van der Waals surface area contributed by atoms with Crippen molar-refractivity contribution in [3.05, 3.63) is 47.0 Å². The van der Waals surface area contributed by atoms with Gasteiger partial charge in [0.05, 0.1) is 36.6 Å². The Hall–Kier alpha value is -2.66. The van der Waals surface area contributed by atoms with Gasteiger partial charge >= 0.3 is 0 Å². The molecule has 2 N–H and O–H groups in total. The number of aliphatic hydroxyl groups excluding tert-OH is 2. The van der Waals surface area contributed by atoms with Gasteiger partial charge in [-0.25, -0.2) is 8.78 Å². The molecule has 4 heterocycles. The van der Waals surface area contributed by atoms with E-state index in [2.05, 4.69) is 0 Å². The van der Waals surface area contributed by atoms with Crippen molar-refractivity contribution < 1.29 is 47.4 Å². The third-order valence-corrected chi connectivity index (χ3v) is 7.83. The van der Waals surface area contributed by atoms with Crippen molar-refractivity contribution in [2.45, 2.75) is 76.8 Å². The molecule has 220 valence electrons. The van der Waals surface area contributed by atoms with Gasteiger partial charge in [-0.1, -0.05) is 0 Å². The van der Waals surface area contributed by atoms with Crippen LogP contribution in [0.25, 0.3) is 0 Å². The molecule has 4 aliphatic rings. The molecule has 6 rings (SSSR count). The quantitative estimate of drug-likeness (QED) is 0.528. The van der Waals surface area contributed by atoms with Gasteiger partial charge in [-0.15, -0.1) is 0 Å². The maximum atomic E-state index is 13.9. The zero-order valence-corrected chi connectivity index (χ0v) is 23.4. The van der Waals surface area contributed by atoms with E-state index < -0.39 is 11.6 Å². The molecule has 2 aromatic rings. The van der Waals surface area contributed by atoms with Crippen LogP contribution in [0.15, 0.2) is 24.3 Å². The maximum Gasteiger partial charge on any atom is 0.231 e. The van der Waals surface area contributed by atoms with Crippen LogP contribution < -0.4 is 18.9 Å². The lowest BCUT2D eigenvalue weighted by atomic mass is 9.88. The highest BCUT2D eigenvalue weighted by Gasteiger charge is 2.41. The summed E-state index contributed by atoms with van der Waals surface area (Å²) in [5, 5.41) is 18.8. The van der Waals surface area contributed by atoms with Gasteiger partial charge in [-0.3, -0.25) is 0 Å². The van der Waals surface area contributed by atoms with E-state index in [-0.39, 0.29) is 73.5 Å². The number of ether oxygens (including phenoxy) is 6. The van der Waals surface area contributed by atoms with Gasteiger partial charge in [0.1, 0.15) is 0 Å². The van der Waals surface area contributed by atoms with Crippen molar-refractivity contribution in [2.24, 2.45) is 11.8 Å². The molecule has 40 heavy (non-hydrogen) atoms. The first kappa shape index (κ1) is 28.9. The topological polar surface area (TPSA) is 95.8 Å². The van der Waals surface area contributed by atoms with Crippen LogP contribution in [0.2, 0.25) is 0 Å². The number of rotatable bonds is 6. The molecule has 4 aliphatic heterocycles. The van der Waals surface area contributed by atoms with Crippen molar-refractivity contribution in [1.29, 1.82) is 0 Å². The number of halogens is 2. The number of aliphatic hydroxyl groups is 2. The van der Waals surface area contributed by atoms with E-state index in [1.807, 2.05) is 39.8 Å². The molecule has 0 radical (unpaired) electrons. The molecule has 0 spiro atoms. The van der Waals surface area contributed by atoms with Crippen LogP contribution in [0.3, 0.4) is 0 Å². The molecule has 10 heteroatoms. The average molecular weight is 565 g/mol. The van der Waals surface area contributed by atoms with E-state index in [1.165, 1.54) is 12.1 Å². The fourth-order valence-electron chi connectivity index (χ4n) is 6.30. The van der Waals surface area contributed by atoms with Crippen LogP contribution in [0, 0.1) is 23.5 Å². The molecular weight excluding hydrogens is 526 g/mol. The Kier molecular flexibility index (Phi) is 8.16. The Bertz CT molecular complexity index is 1120. The Balaban J connectivity index is 0.000000161. The molecule has 0 amide bonds. The fourth-order valence-corrected chi connectivity index (χ4v) is 6.30. The predicted molar refractivity (Wildman–Crippen MR) is 141 cm³/mol. The lowest BCUT2D eigenvalue weighted by Gasteiger charge is -2.18. The third kappa shape index (κ3) is 6.30. The number of fused-ring (bicyclic) bond motifs is 2. The summed E-state index contributed by atoms with van der Waals surface area (Å²) < 4.78 is 60.0. The van der Waals surface area contributed by atoms with Crippen molar-refractivity contribution in [3.8, 4) is 23.0 Å². The van der Waals surface area contributed by atoms with Crippen LogP contribution in [-0.4, -0.2) is 60.4 Å². The minimum Gasteiger partial charge on any atom is -0.453 e. The zero-order valence-electron chi connectivity index (χ0n) is 23.4. The summed E-state index contributed by atoms with van der Waals surface area (Å²) in [6.07, 6.45) is 2.60. The highest BCUT2D eigenvalue weighted by Crippen LogP contribution is 2.41. The molecule has 8 nitrogen and oxygen atoms in total. The molecule has 0 saturated carbocycles. The first-order valence-corrected chi connectivity index (χ1v) is 13.7. The minimum atomic E-state index is -0.395.